The fourth-order valence-electron chi connectivity index (χ4n) is 2.74. The topological polar surface area (TPSA) is 0 Å². The van der Waals surface area contributed by atoms with Gasteiger partial charge in [0, 0.05) is 0 Å². The molecule has 0 radical (unpaired) electrons. The molecule has 0 saturated carbocycles. The Morgan fingerprint density at radius 2 is 1.05 bits per heavy atom. The standard InChI is InChI=1S/C20H40/c1-4-6-8-9-10-11-12-13-14-15-17-19-20(3)18-16-7-5-2/h12-13,20H,4-11,14-19H2,1-3H3. The average Bonchev–Trinajstić information content (AvgIpc) is 2.45. The first-order valence-electron chi connectivity index (χ1n) is 9.46. The Morgan fingerprint density at radius 3 is 1.65 bits per heavy atom. The monoisotopic (exact) mass is 280 g/mol. The van der Waals surface area contributed by atoms with Gasteiger partial charge in [0.2, 0.25) is 0 Å². The van der Waals surface area contributed by atoms with Gasteiger partial charge in [-0.25, -0.2) is 0 Å². The zero-order valence-electron chi connectivity index (χ0n) is 14.6. The summed E-state index contributed by atoms with van der Waals surface area (Å²) in [5.74, 6) is 0.948. The minimum absolute atomic E-state index is 0.948. The summed E-state index contributed by atoms with van der Waals surface area (Å²) in [6.07, 6.45) is 24.4. The first-order valence-corrected chi connectivity index (χ1v) is 9.46. The molecule has 0 nitrogen and oxygen atoms in total. The van der Waals surface area contributed by atoms with Crippen LogP contribution in [0.4, 0.5) is 0 Å². The van der Waals surface area contributed by atoms with E-state index in [1.165, 1.54) is 89.9 Å². The second kappa shape index (κ2) is 16.8. The van der Waals surface area contributed by atoms with Crippen molar-refractivity contribution in [3.63, 3.8) is 0 Å². The molecule has 0 aliphatic carbocycles. The van der Waals surface area contributed by atoms with Crippen molar-refractivity contribution in [3.05, 3.63) is 12.2 Å². The average molecular weight is 281 g/mol. The zero-order valence-corrected chi connectivity index (χ0v) is 14.6. The summed E-state index contributed by atoms with van der Waals surface area (Å²) in [5.41, 5.74) is 0. The van der Waals surface area contributed by atoms with Crippen molar-refractivity contribution in [2.24, 2.45) is 5.92 Å². The molecule has 0 aromatic carbocycles. The van der Waals surface area contributed by atoms with Gasteiger partial charge < -0.3 is 0 Å². The normalized spacial score (nSPS) is 13.2. The lowest BCUT2D eigenvalue weighted by Gasteiger charge is -2.09. The molecule has 0 spiro atoms. The molecule has 0 amide bonds. The Morgan fingerprint density at radius 1 is 0.600 bits per heavy atom. The van der Waals surface area contributed by atoms with Gasteiger partial charge in [-0.15, -0.1) is 0 Å². The van der Waals surface area contributed by atoms with Crippen LogP contribution in [0.1, 0.15) is 111 Å². The first kappa shape index (κ1) is 19.7. The molecule has 0 saturated heterocycles. The largest absolute Gasteiger partial charge is 0.0885 e. The molecule has 0 heterocycles. The van der Waals surface area contributed by atoms with E-state index in [0.29, 0.717) is 0 Å². The van der Waals surface area contributed by atoms with E-state index in [1.807, 2.05) is 0 Å². The Balaban J connectivity index is 3.18. The number of allylic oxidation sites excluding steroid dienone is 2. The van der Waals surface area contributed by atoms with Crippen LogP contribution in [0.3, 0.4) is 0 Å². The number of unbranched alkanes of at least 4 members (excludes halogenated alkanes) is 9. The summed E-state index contributed by atoms with van der Waals surface area (Å²) >= 11 is 0. The fourth-order valence-corrected chi connectivity index (χ4v) is 2.74. The molecule has 0 fully saturated rings. The summed E-state index contributed by atoms with van der Waals surface area (Å²) in [6, 6.07) is 0. The maximum absolute atomic E-state index is 2.43. The van der Waals surface area contributed by atoms with Crippen LogP contribution < -0.4 is 0 Å². The van der Waals surface area contributed by atoms with E-state index in [2.05, 4.69) is 32.9 Å². The third-order valence-electron chi connectivity index (χ3n) is 4.26. The summed E-state index contributed by atoms with van der Waals surface area (Å²) in [5, 5.41) is 0. The number of hydrogen-bond donors (Lipinski definition) is 0. The van der Waals surface area contributed by atoms with Gasteiger partial charge in [0.05, 0.1) is 0 Å². The van der Waals surface area contributed by atoms with E-state index in [9.17, 15) is 0 Å². The van der Waals surface area contributed by atoms with Gasteiger partial charge in [0.25, 0.3) is 0 Å². The van der Waals surface area contributed by atoms with Gasteiger partial charge in [-0.3, -0.25) is 0 Å². The van der Waals surface area contributed by atoms with Gasteiger partial charge in [0.1, 0.15) is 0 Å². The third-order valence-corrected chi connectivity index (χ3v) is 4.26. The molecule has 0 aromatic heterocycles. The smallest absolute Gasteiger partial charge is 0.0351 e. The minimum Gasteiger partial charge on any atom is -0.0885 e. The van der Waals surface area contributed by atoms with Gasteiger partial charge in [-0.05, 0) is 31.6 Å². The van der Waals surface area contributed by atoms with Crippen LogP contribution in [0, 0.1) is 5.92 Å². The van der Waals surface area contributed by atoms with Gasteiger partial charge >= 0.3 is 0 Å². The molecule has 0 heteroatoms. The van der Waals surface area contributed by atoms with Crippen molar-refractivity contribution in [2.75, 3.05) is 0 Å². The zero-order chi connectivity index (χ0) is 14.9. The van der Waals surface area contributed by atoms with E-state index in [1.54, 1.807) is 0 Å². The molecule has 0 rings (SSSR count). The van der Waals surface area contributed by atoms with Gasteiger partial charge in [0.15, 0.2) is 0 Å². The van der Waals surface area contributed by atoms with Crippen molar-refractivity contribution in [1.82, 2.24) is 0 Å². The number of hydrogen-bond acceptors (Lipinski definition) is 0. The van der Waals surface area contributed by atoms with Crippen molar-refractivity contribution >= 4 is 0 Å². The van der Waals surface area contributed by atoms with Crippen LogP contribution >= 0.6 is 0 Å². The predicted molar refractivity (Wildman–Crippen MR) is 94.3 cm³/mol. The highest BCUT2D eigenvalue weighted by Gasteiger charge is 2.00. The fraction of sp³-hybridized carbons (Fsp3) is 0.900. The van der Waals surface area contributed by atoms with Crippen LogP contribution in [0.2, 0.25) is 0 Å². The maximum atomic E-state index is 2.43. The molecule has 0 aliphatic heterocycles. The van der Waals surface area contributed by atoms with Crippen LogP contribution in [0.15, 0.2) is 12.2 Å². The second-order valence-electron chi connectivity index (χ2n) is 6.56. The molecule has 20 heavy (non-hydrogen) atoms. The molecular weight excluding hydrogens is 240 g/mol. The van der Waals surface area contributed by atoms with Crippen LogP contribution in [-0.2, 0) is 0 Å². The first-order chi connectivity index (χ1) is 9.81. The molecule has 0 aromatic rings. The molecule has 0 aliphatic rings. The predicted octanol–water partition coefficient (Wildman–Crippen LogP) is 7.68. The van der Waals surface area contributed by atoms with Crippen molar-refractivity contribution in [1.29, 1.82) is 0 Å². The molecule has 1 atom stereocenters. The van der Waals surface area contributed by atoms with Gasteiger partial charge in [-0.2, -0.15) is 0 Å². The Bertz CT molecular complexity index is 192. The van der Waals surface area contributed by atoms with E-state index < -0.39 is 0 Å². The minimum atomic E-state index is 0.948. The number of rotatable bonds is 15. The highest BCUT2D eigenvalue weighted by atomic mass is 14.1. The second-order valence-corrected chi connectivity index (χ2v) is 6.56. The molecule has 0 N–H and O–H groups in total. The van der Waals surface area contributed by atoms with Crippen LogP contribution in [-0.4, -0.2) is 0 Å². The Hall–Kier alpha value is -0.260. The summed E-state index contributed by atoms with van der Waals surface area (Å²) < 4.78 is 0. The quantitative estimate of drug-likeness (QED) is 0.213. The summed E-state index contributed by atoms with van der Waals surface area (Å²) in [7, 11) is 0. The molecule has 120 valence electrons. The SMILES string of the molecule is CCCCCCCC=CCCCCC(C)CCCCC. The Kier molecular flexibility index (Phi) is 16.6. The van der Waals surface area contributed by atoms with Gasteiger partial charge in [-0.1, -0.05) is 97.1 Å². The Labute approximate surface area is 129 Å². The van der Waals surface area contributed by atoms with E-state index >= 15 is 0 Å². The van der Waals surface area contributed by atoms with Crippen molar-refractivity contribution < 1.29 is 0 Å². The molecular formula is C20H40. The highest BCUT2D eigenvalue weighted by Crippen LogP contribution is 2.16. The van der Waals surface area contributed by atoms with E-state index in [0.717, 1.165) is 5.92 Å². The lowest BCUT2D eigenvalue weighted by atomic mass is 9.97. The third kappa shape index (κ3) is 15.8. The molecule has 1 unspecified atom stereocenters. The summed E-state index contributed by atoms with van der Waals surface area (Å²) in [4.78, 5) is 0. The van der Waals surface area contributed by atoms with E-state index in [-0.39, 0.29) is 0 Å². The maximum Gasteiger partial charge on any atom is -0.0351 e. The van der Waals surface area contributed by atoms with E-state index in [4.69, 9.17) is 0 Å². The summed E-state index contributed by atoms with van der Waals surface area (Å²) in [6.45, 7) is 7.01. The van der Waals surface area contributed by atoms with Crippen LogP contribution in [0.5, 0.6) is 0 Å². The van der Waals surface area contributed by atoms with Crippen LogP contribution in [0.25, 0.3) is 0 Å². The highest BCUT2D eigenvalue weighted by molar-refractivity contribution is 4.81. The lowest BCUT2D eigenvalue weighted by Crippen LogP contribution is -1.94. The lowest BCUT2D eigenvalue weighted by molar-refractivity contribution is 0.444. The van der Waals surface area contributed by atoms with Crippen molar-refractivity contribution in [2.45, 2.75) is 111 Å². The molecule has 0 bridgehead atoms. The van der Waals surface area contributed by atoms with Crippen molar-refractivity contribution in [3.8, 4) is 0 Å².